The van der Waals surface area contributed by atoms with Gasteiger partial charge in [0.25, 0.3) is 0 Å². The molecule has 0 saturated carbocycles. The van der Waals surface area contributed by atoms with Crippen LogP contribution in [0.2, 0.25) is 0 Å². The quantitative estimate of drug-likeness (QED) is 0.154. The molecule has 0 radical (unpaired) electrons. The van der Waals surface area contributed by atoms with Gasteiger partial charge in [-0.2, -0.15) is 10.2 Å². The second-order valence-corrected chi connectivity index (χ2v) is 21.5. The summed E-state index contributed by atoms with van der Waals surface area (Å²) in [5.74, 6) is 1.86. The van der Waals surface area contributed by atoms with Crippen molar-refractivity contribution in [1.82, 2.24) is 59.5 Å². The zero-order valence-corrected chi connectivity index (χ0v) is 45.6. The summed E-state index contributed by atoms with van der Waals surface area (Å²) in [4.78, 5) is 54.1. The Balaban J connectivity index is 0.000000172. The maximum absolute atomic E-state index is 12.4. The summed E-state index contributed by atoms with van der Waals surface area (Å²) in [6, 6.07) is 0. The van der Waals surface area contributed by atoms with Crippen LogP contribution in [0.25, 0.3) is 42.9 Å². The van der Waals surface area contributed by atoms with Crippen molar-refractivity contribution in [3.05, 3.63) is 44.7 Å². The molecule has 1 amide bonds. The van der Waals surface area contributed by atoms with E-state index in [1.165, 1.54) is 11.1 Å². The molecule has 4 aliphatic rings. The van der Waals surface area contributed by atoms with Gasteiger partial charge in [0.05, 0.1) is 69.6 Å². The van der Waals surface area contributed by atoms with E-state index >= 15 is 0 Å². The van der Waals surface area contributed by atoms with Crippen molar-refractivity contribution in [2.75, 3.05) is 115 Å². The highest BCUT2D eigenvalue weighted by Gasteiger charge is 2.28. The highest BCUT2D eigenvalue weighted by Crippen LogP contribution is 2.39. The fourth-order valence-corrected chi connectivity index (χ4v) is 11.3. The molecule has 0 aromatic carbocycles. The van der Waals surface area contributed by atoms with Gasteiger partial charge in [-0.1, -0.05) is 27.7 Å². The van der Waals surface area contributed by atoms with Gasteiger partial charge >= 0.3 is 0 Å². The summed E-state index contributed by atoms with van der Waals surface area (Å²) >= 11 is 8.45. The minimum absolute atomic E-state index is 0.0216. The van der Waals surface area contributed by atoms with Crippen molar-refractivity contribution in [3.8, 4) is 22.5 Å². The second-order valence-electron chi connectivity index (χ2n) is 19.4. The minimum atomic E-state index is -0.269. The zero-order chi connectivity index (χ0) is 50.5. The number of hydrogen-bond acceptors (Lipinski definition) is 17. The molecular weight excluding hydrogens is 960 g/mol. The number of morpholine rings is 2. The van der Waals surface area contributed by atoms with E-state index in [2.05, 4.69) is 73.6 Å². The first-order valence-corrected chi connectivity index (χ1v) is 27.1. The average Bonchev–Trinajstić information content (AvgIpc) is 4.11. The number of aromatic nitrogens is 8. The van der Waals surface area contributed by atoms with Gasteiger partial charge in [0.2, 0.25) is 23.0 Å². The van der Waals surface area contributed by atoms with Gasteiger partial charge in [-0.3, -0.25) is 28.8 Å². The number of halogens is 1. The molecule has 6 aromatic rings. The number of anilines is 2. The van der Waals surface area contributed by atoms with Crippen molar-refractivity contribution >= 4 is 77.8 Å². The highest BCUT2D eigenvalue weighted by atomic mass is 35.5. The Morgan fingerprint density at radius 1 is 0.620 bits per heavy atom. The number of nitrogens with zero attached hydrogens (tertiary/aromatic N) is 13. The summed E-state index contributed by atoms with van der Waals surface area (Å²) < 4.78 is 17.3. The molecule has 4 aliphatic heterocycles. The smallest absolute Gasteiger partial charge is 0.226 e. The van der Waals surface area contributed by atoms with Crippen LogP contribution >= 0.6 is 34.3 Å². The summed E-state index contributed by atoms with van der Waals surface area (Å²) in [5.41, 5.74) is 13.1. The van der Waals surface area contributed by atoms with Crippen LogP contribution in [0.1, 0.15) is 61.6 Å². The van der Waals surface area contributed by atoms with Gasteiger partial charge in [-0.25, -0.2) is 19.9 Å². The van der Waals surface area contributed by atoms with E-state index in [-0.39, 0.29) is 23.0 Å². The van der Waals surface area contributed by atoms with Gasteiger partial charge in [-0.05, 0) is 50.1 Å². The summed E-state index contributed by atoms with van der Waals surface area (Å²) in [6.07, 6.45) is 0. The van der Waals surface area contributed by atoms with Gasteiger partial charge in [0, 0.05) is 151 Å². The summed E-state index contributed by atoms with van der Waals surface area (Å²) in [5, 5.41) is 17.0. The molecule has 4 fully saturated rings. The van der Waals surface area contributed by atoms with Crippen LogP contribution in [0.15, 0.2) is 10.8 Å². The lowest BCUT2D eigenvalue weighted by atomic mass is 10.1. The number of ether oxygens (including phenoxy) is 2. The Labute approximate surface area is 430 Å². The van der Waals surface area contributed by atoms with Crippen LogP contribution in [-0.2, 0) is 46.2 Å². The summed E-state index contributed by atoms with van der Waals surface area (Å²) in [6.45, 7) is 31.2. The number of amides is 1. The first-order chi connectivity index (χ1) is 34.1. The number of piperazine rings is 2. The van der Waals surface area contributed by atoms with E-state index in [4.69, 9.17) is 41.0 Å². The van der Waals surface area contributed by atoms with Crippen molar-refractivity contribution in [2.24, 2.45) is 25.9 Å². The number of carbonyl (C=O) groups is 2. The van der Waals surface area contributed by atoms with Crippen LogP contribution in [0.4, 0.5) is 11.9 Å². The van der Waals surface area contributed by atoms with Crippen molar-refractivity contribution < 1.29 is 19.1 Å². The molecule has 10 heterocycles. The number of nitrogens with one attached hydrogen (secondary N) is 1. The van der Waals surface area contributed by atoms with Crippen molar-refractivity contribution in [1.29, 1.82) is 0 Å². The monoisotopic (exact) mass is 1030 g/mol. The van der Waals surface area contributed by atoms with E-state index in [1.54, 1.807) is 36.5 Å². The van der Waals surface area contributed by atoms with E-state index in [0.717, 1.165) is 182 Å². The van der Waals surface area contributed by atoms with E-state index < -0.39 is 0 Å². The molecule has 0 atom stereocenters. The van der Waals surface area contributed by atoms with Crippen LogP contribution in [-0.4, -0.2) is 170 Å². The number of fused-ring (bicyclic) bond motifs is 2. The highest BCUT2D eigenvalue weighted by molar-refractivity contribution is 7.18. The summed E-state index contributed by atoms with van der Waals surface area (Å²) in [7, 11) is 3.98. The third-order valence-corrected chi connectivity index (χ3v) is 16.1. The lowest BCUT2D eigenvalue weighted by molar-refractivity contribution is -0.136. The fourth-order valence-electron chi connectivity index (χ4n) is 9.36. The first-order valence-electron chi connectivity index (χ1n) is 25.0. The second kappa shape index (κ2) is 23.5. The minimum Gasteiger partial charge on any atom is -0.378 e. The van der Waals surface area contributed by atoms with E-state index in [1.807, 2.05) is 42.2 Å². The number of thiophene rings is 2. The lowest BCUT2D eigenvalue weighted by Crippen LogP contribution is -2.49. The Morgan fingerprint density at radius 3 is 1.39 bits per heavy atom. The third-order valence-electron chi connectivity index (χ3n) is 13.7. The molecule has 1 N–H and O–H groups in total. The normalized spacial score (nSPS) is 17.3. The van der Waals surface area contributed by atoms with Gasteiger partial charge in [-0.15, -0.1) is 22.7 Å². The van der Waals surface area contributed by atoms with E-state index in [9.17, 15) is 9.59 Å². The van der Waals surface area contributed by atoms with Crippen LogP contribution < -0.4 is 15.1 Å². The van der Waals surface area contributed by atoms with Crippen LogP contribution in [0, 0.1) is 39.5 Å². The maximum atomic E-state index is 12.4. The molecular formula is C50H71ClN14O4S2. The molecule has 10 rings (SSSR count). The van der Waals surface area contributed by atoms with Crippen LogP contribution in [0.3, 0.4) is 0 Å². The SMILES string of the molecule is CC(C)C(=O)Cl.Cc1nn(C)c(C)c1-c1nc(N2CCOCC2)nc2c(CN3CCN(C(=O)C(C)C)CC3)csc12.Cc1nn(C)c(C)c1-c1nc(N2CCOCC2)nc2c(CN3CCNCC3)csc12. The Bertz CT molecular complexity index is 2790. The van der Waals surface area contributed by atoms with E-state index in [0.29, 0.717) is 13.2 Å². The average molecular weight is 1030 g/mol. The molecule has 0 spiro atoms. The fraction of sp³-hybridized carbons (Fsp3) is 0.600. The first kappa shape index (κ1) is 52.6. The number of carbonyl (C=O) groups excluding carboxylic acids is 2. The predicted molar refractivity (Wildman–Crippen MR) is 285 cm³/mol. The van der Waals surface area contributed by atoms with Crippen molar-refractivity contribution in [2.45, 2.75) is 68.5 Å². The lowest BCUT2D eigenvalue weighted by Gasteiger charge is -2.35. The number of hydrogen-bond donors (Lipinski definition) is 1. The van der Waals surface area contributed by atoms with Gasteiger partial charge in [0.15, 0.2) is 0 Å². The third kappa shape index (κ3) is 12.1. The van der Waals surface area contributed by atoms with Crippen LogP contribution in [0.5, 0.6) is 0 Å². The molecule has 0 unspecified atom stereocenters. The standard InChI is InChI=1S/C25H35N7O2S.C21H29N7OS.C4H7ClO/c1-16(2)24(33)31-8-6-30(7-9-31)14-19-15-35-23-21(19)26-25(32-10-12-34-13-11-32)27-22(23)20-17(3)28-29(5)18(20)4;1-14-17(15(2)26(3)25-14)19-20-18(23-21(24-19)28-8-10-29-11-9-28)16(13-30-20)12-27-6-4-22-5-7-27;1-3(2)4(5)6/h15-16H,6-14H2,1-5H3;13,22H,4-12H2,1-3H3;3H,1-2H3. The van der Waals surface area contributed by atoms with Gasteiger partial charge in [0.1, 0.15) is 0 Å². The Morgan fingerprint density at radius 2 is 1.03 bits per heavy atom. The molecule has 384 valence electrons. The number of rotatable bonds is 10. The Kier molecular flexibility index (Phi) is 17.4. The predicted octanol–water partition coefficient (Wildman–Crippen LogP) is 6.20. The topological polar surface area (TPSA) is 168 Å². The van der Waals surface area contributed by atoms with Crippen molar-refractivity contribution in [3.63, 3.8) is 0 Å². The maximum Gasteiger partial charge on any atom is 0.226 e. The molecule has 6 aromatic heterocycles. The molecule has 18 nitrogen and oxygen atoms in total. The zero-order valence-electron chi connectivity index (χ0n) is 43.2. The molecule has 71 heavy (non-hydrogen) atoms. The Hall–Kier alpha value is -4.67. The van der Waals surface area contributed by atoms with Gasteiger partial charge < -0.3 is 29.5 Å². The number of aryl methyl sites for hydroxylation is 4. The molecule has 21 heteroatoms. The molecule has 0 aliphatic carbocycles. The largest absolute Gasteiger partial charge is 0.378 e. The molecule has 4 saturated heterocycles. The molecule has 0 bridgehead atoms.